The predicted octanol–water partition coefficient (Wildman–Crippen LogP) is 4.81. The summed E-state index contributed by atoms with van der Waals surface area (Å²) in [4.78, 5) is 0. The number of nitrogens with one attached hydrogen (secondary N) is 1. The van der Waals surface area contributed by atoms with Gasteiger partial charge in [0.05, 0.1) is 36.7 Å². The minimum absolute atomic E-state index is 0.731. The Kier molecular flexibility index (Phi) is 9.76. The van der Waals surface area contributed by atoms with E-state index in [0.717, 1.165) is 0 Å². The molecule has 0 aliphatic heterocycles. The maximum Gasteiger partial charge on any atom is 0.232 e. The van der Waals surface area contributed by atoms with Crippen molar-refractivity contribution in [2.45, 2.75) is 0 Å². The Bertz CT molecular complexity index is 1560. The summed E-state index contributed by atoms with van der Waals surface area (Å²) in [7, 11) is 0. The first-order valence-electron chi connectivity index (χ1n) is 11.1. The van der Waals surface area contributed by atoms with E-state index in [1.54, 1.807) is 0 Å². The fourth-order valence-corrected chi connectivity index (χ4v) is 4.77. The lowest BCUT2D eigenvalue weighted by molar-refractivity contribution is -1.26. The average molecular weight is 679 g/mol. The molecule has 4 aromatic rings. The van der Waals surface area contributed by atoms with Crippen LogP contribution < -0.4 is 27.4 Å². The van der Waals surface area contributed by atoms with Crippen molar-refractivity contribution in [1.29, 1.82) is 0 Å². The summed E-state index contributed by atoms with van der Waals surface area (Å²) in [5, 5.41) is 0. The fraction of sp³-hybridized carbons (Fsp3) is 0. The van der Waals surface area contributed by atoms with E-state index in [0.29, 0.717) is 0 Å². The summed E-state index contributed by atoms with van der Waals surface area (Å²) < 4.78 is 264. The van der Waals surface area contributed by atoms with Crippen molar-refractivity contribution < 1.29 is 89.3 Å². The molecule has 0 aromatic heterocycles. The van der Waals surface area contributed by atoms with E-state index in [1.807, 2.05) is 0 Å². The number of halogens is 19. The van der Waals surface area contributed by atoms with Gasteiger partial charge in [-0.15, -0.1) is 21.9 Å². The minimum atomic E-state index is -6.18. The zero-order valence-electron chi connectivity index (χ0n) is 20.6. The topological polar surface area (TPSA) is 4.44 Å². The average Bonchev–Trinajstić information content (AvgIpc) is 2.92. The second-order valence-electron chi connectivity index (χ2n) is 8.61. The Morgan fingerprint density at radius 3 is 0.600 bits per heavy atom. The van der Waals surface area contributed by atoms with E-state index in [-0.39, 0.29) is 0 Å². The van der Waals surface area contributed by atoms with Crippen LogP contribution in [0.2, 0.25) is 0 Å². The largest absolute Gasteiger partial charge is 0.232 e. The molecule has 4 aromatic carbocycles. The Labute approximate surface area is 235 Å². The normalized spacial score (nSPS) is 11.6. The van der Waals surface area contributed by atoms with Gasteiger partial charge in [-0.2, -0.15) is 0 Å². The predicted molar refractivity (Wildman–Crippen MR) is 114 cm³/mol. The lowest BCUT2D eigenvalue weighted by Gasteiger charge is -2.44. The Morgan fingerprint density at radius 2 is 0.444 bits per heavy atom. The monoisotopic (exact) mass is 679 g/mol. The Morgan fingerprint density at radius 1 is 0.289 bits per heavy atom. The van der Waals surface area contributed by atoms with Crippen molar-refractivity contribution in [2.75, 3.05) is 0 Å². The van der Waals surface area contributed by atoms with Crippen LogP contribution in [-0.2, 0) is 0 Å². The summed E-state index contributed by atoms with van der Waals surface area (Å²) in [6.45, 7) is 0. The van der Waals surface area contributed by atoms with Crippen molar-refractivity contribution in [3.63, 3.8) is 0 Å². The van der Waals surface area contributed by atoms with E-state index in [4.69, 9.17) is 0 Å². The Balaban J connectivity index is 0.00000130. The highest BCUT2D eigenvalue weighted by Crippen LogP contribution is 2.27. The smallest absolute Gasteiger partial charge is 0.210 e. The number of benzene rings is 4. The van der Waals surface area contributed by atoms with Gasteiger partial charge in [-0.1, -0.05) is 0 Å². The molecule has 0 amide bonds. The van der Waals surface area contributed by atoms with Gasteiger partial charge in [0.1, 0.15) is 29.4 Å². The third-order valence-corrected chi connectivity index (χ3v) is 6.33. The van der Waals surface area contributed by atoms with Gasteiger partial charge in [0.2, 0.25) is 5.57 Å². The summed E-state index contributed by atoms with van der Waals surface area (Å²) in [6.07, 6.45) is -6.18. The first kappa shape index (κ1) is 35.1. The summed E-state index contributed by atoms with van der Waals surface area (Å²) in [6, 6.07) is -2.92. The molecule has 0 fully saturated rings. The summed E-state index contributed by atoms with van der Waals surface area (Å²) >= 11 is 0. The van der Waals surface area contributed by atoms with Crippen LogP contribution >= 0.6 is 0 Å². The van der Waals surface area contributed by atoms with E-state index in [1.165, 1.54) is 0 Å². The van der Waals surface area contributed by atoms with Gasteiger partial charge in [-0.3, -0.25) is 0 Å². The molecule has 45 heavy (non-hydrogen) atoms. The van der Waals surface area contributed by atoms with E-state index in [9.17, 15) is 48.6 Å². The first-order chi connectivity index (χ1) is 20.7. The first-order valence-corrected chi connectivity index (χ1v) is 11.1. The molecule has 1 N–H and O–H groups in total. The standard InChI is InChI=1S/C24H4BF16.F3HN/c26-5-1-9(30)17(34)21(38)13(5)25(14-6(27)2-10(31)18(35)22(14)39,15-7(28)3-11(32)19(36)23(15)40)16-8(29)4-12(33)20(37)24(16)41;1-4(2)3/h1-4H;4H/q-1;+1. The van der Waals surface area contributed by atoms with Crippen LogP contribution in [0.3, 0.4) is 0 Å². The lowest BCUT2D eigenvalue weighted by atomic mass is 9.12. The molecule has 0 spiro atoms. The zero-order valence-corrected chi connectivity index (χ0v) is 20.6. The van der Waals surface area contributed by atoms with Crippen LogP contribution in [0.5, 0.6) is 0 Å². The third kappa shape index (κ3) is 5.64. The van der Waals surface area contributed by atoms with Crippen LogP contribution in [0.4, 0.5) is 83.7 Å². The van der Waals surface area contributed by atoms with Crippen molar-refractivity contribution in [3.8, 4) is 0 Å². The van der Waals surface area contributed by atoms with Crippen LogP contribution in [-0.4, -0.2) is 6.15 Å². The molecule has 21 heteroatoms. The minimum Gasteiger partial charge on any atom is -0.210 e. The maximum atomic E-state index is 15.3. The number of hydrogen-bond acceptors (Lipinski definition) is 0. The summed E-state index contributed by atoms with van der Waals surface area (Å²) in [5.74, 6) is -45.1. The molecule has 0 unspecified atom stereocenters. The number of quaternary nitrogens is 1. The number of hydrogen-bond donors (Lipinski definition) is 1. The molecule has 0 atom stereocenters. The van der Waals surface area contributed by atoms with Crippen molar-refractivity contribution in [3.05, 3.63) is 117 Å². The van der Waals surface area contributed by atoms with Crippen LogP contribution in [0.1, 0.15) is 0 Å². The Hall–Kier alpha value is -4.43. The number of rotatable bonds is 4. The molecule has 4 rings (SSSR count). The molecule has 0 heterocycles. The molecule has 0 saturated carbocycles. The SMILES string of the molecule is F[NH+](F)F.Fc1cc(F)c([B-](c2c(F)cc(F)c(F)c2F)(c2c(F)cc(F)c(F)c2F)c2c(F)cc(F)c(F)c2F)c(F)c1F. The molecule has 0 aliphatic carbocycles. The molecular weight excluding hydrogens is 674 g/mol. The van der Waals surface area contributed by atoms with E-state index >= 15 is 35.1 Å². The van der Waals surface area contributed by atoms with Gasteiger partial charge in [0.15, 0.2) is 46.5 Å². The van der Waals surface area contributed by atoms with Crippen LogP contribution in [0, 0.1) is 93.1 Å². The molecule has 242 valence electrons. The lowest BCUT2D eigenvalue weighted by Crippen LogP contribution is -2.86. The third-order valence-electron chi connectivity index (χ3n) is 6.33. The molecule has 0 bridgehead atoms. The molecule has 0 saturated heterocycles. The van der Waals surface area contributed by atoms with Gasteiger partial charge in [0, 0.05) is 24.3 Å². The van der Waals surface area contributed by atoms with Gasteiger partial charge < -0.3 is 0 Å². The van der Waals surface area contributed by atoms with Gasteiger partial charge in [0.25, 0.3) is 0 Å². The second-order valence-corrected chi connectivity index (χ2v) is 8.61. The maximum absolute atomic E-state index is 15.3. The highest BCUT2D eigenvalue weighted by Gasteiger charge is 2.49. The van der Waals surface area contributed by atoms with Crippen molar-refractivity contribution in [1.82, 2.24) is 0 Å². The highest BCUT2D eigenvalue weighted by molar-refractivity contribution is 7.20. The van der Waals surface area contributed by atoms with Crippen LogP contribution in [0.25, 0.3) is 0 Å². The van der Waals surface area contributed by atoms with Crippen molar-refractivity contribution in [2.24, 2.45) is 0 Å². The second kappa shape index (κ2) is 12.5. The molecular formula is C24H5BF19N. The van der Waals surface area contributed by atoms with Crippen molar-refractivity contribution >= 4 is 28.0 Å². The fourth-order valence-electron chi connectivity index (χ4n) is 4.77. The van der Waals surface area contributed by atoms with E-state index < -0.39 is 151 Å². The molecule has 1 nitrogen and oxygen atoms in total. The highest BCUT2D eigenvalue weighted by atomic mass is 19.5. The van der Waals surface area contributed by atoms with Gasteiger partial charge >= 0.3 is 0 Å². The van der Waals surface area contributed by atoms with E-state index in [2.05, 4.69) is 0 Å². The molecule has 0 radical (unpaired) electrons. The molecule has 0 aliphatic rings. The van der Waals surface area contributed by atoms with Gasteiger partial charge in [-0.25, -0.2) is 70.2 Å². The van der Waals surface area contributed by atoms with Gasteiger partial charge in [-0.05, 0) is 0 Å². The zero-order chi connectivity index (χ0) is 34.5. The summed E-state index contributed by atoms with van der Waals surface area (Å²) in [5.41, 5.74) is -14.0. The quantitative estimate of drug-likeness (QED) is 0.104. The van der Waals surface area contributed by atoms with Crippen LogP contribution in [0.15, 0.2) is 24.3 Å².